The Morgan fingerprint density at radius 3 is 2.82 bits per heavy atom. The van der Waals surface area contributed by atoms with Crippen LogP contribution in [0.4, 0.5) is 11.4 Å². The van der Waals surface area contributed by atoms with Gasteiger partial charge in [-0.3, -0.25) is 0 Å². The van der Waals surface area contributed by atoms with Gasteiger partial charge in [0.25, 0.3) is 0 Å². The monoisotopic (exact) mass is 232 g/mol. The highest BCUT2D eigenvalue weighted by Gasteiger charge is 2.19. The van der Waals surface area contributed by atoms with Gasteiger partial charge in [-0.25, -0.2) is 0 Å². The van der Waals surface area contributed by atoms with Gasteiger partial charge in [-0.15, -0.1) is 0 Å². The van der Waals surface area contributed by atoms with Crippen LogP contribution >= 0.6 is 0 Å². The molecule has 1 aromatic rings. The number of aryl methyl sites for hydroxylation is 1. The molecule has 0 spiro atoms. The predicted octanol–water partition coefficient (Wildman–Crippen LogP) is 3.74. The first-order valence-electron chi connectivity index (χ1n) is 6.85. The topological polar surface area (TPSA) is 29.3 Å². The molecule has 0 aromatic heterocycles. The molecule has 0 aliphatic carbocycles. The first kappa shape index (κ1) is 12.3. The molecule has 1 aliphatic rings. The van der Waals surface area contributed by atoms with E-state index in [0.717, 1.165) is 5.69 Å². The second-order valence-corrected chi connectivity index (χ2v) is 5.15. The number of nitrogens with two attached hydrogens (primary N) is 1. The largest absolute Gasteiger partial charge is 0.398 e. The van der Waals surface area contributed by atoms with Gasteiger partial charge >= 0.3 is 0 Å². The highest BCUT2D eigenvalue weighted by atomic mass is 15.2. The Bertz CT molecular complexity index is 373. The number of hydrogen-bond donors (Lipinski definition) is 1. The van der Waals surface area contributed by atoms with Crippen LogP contribution in [-0.2, 0) is 0 Å². The predicted molar refractivity (Wildman–Crippen MR) is 75.5 cm³/mol. The van der Waals surface area contributed by atoms with Gasteiger partial charge in [0.15, 0.2) is 0 Å². The van der Waals surface area contributed by atoms with Gasteiger partial charge in [0, 0.05) is 24.0 Å². The maximum atomic E-state index is 6.03. The molecule has 0 saturated carbocycles. The number of benzene rings is 1. The minimum absolute atomic E-state index is 0.694. The Balaban J connectivity index is 2.25. The number of hydrogen-bond acceptors (Lipinski definition) is 2. The Morgan fingerprint density at radius 2 is 2.12 bits per heavy atom. The summed E-state index contributed by atoms with van der Waals surface area (Å²) in [6.07, 6.45) is 6.60. The molecular formula is C15H24N2. The van der Waals surface area contributed by atoms with E-state index in [2.05, 4.69) is 36.9 Å². The van der Waals surface area contributed by atoms with Gasteiger partial charge < -0.3 is 10.6 Å². The zero-order chi connectivity index (χ0) is 12.3. The average Bonchev–Trinajstić information content (AvgIpc) is 2.57. The highest BCUT2D eigenvalue weighted by Crippen LogP contribution is 2.28. The molecule has 0 amide bonds. The molecule has 0 bridgehead atoms. The van der Waals surface area contributed by atoms with Crippen molar-refractivity contribution in [2.75, 3.05) is 17.2 Å². The number of nitrogen functional groups attached to an aromatic ring is 1. The second kappa shape index (κ2) is 5.44. The number of nitrogens with zero attached hydrogens (tertiary/aromatic N) is 1. The Kier molecular flexibility index (Phi) is 3.93. The Labute approximate surface area is 105 Å². The van der Waals surface area contributed by atoms with Crippen LogP contribution < -0.4 is 10.6 Å². The van der Waals surface area contributed by atoms with Crippen molar-refractivity contribution in [2.24, 2.45) is 0 Å². The van der Waals surface area contributed by atoms with Crippen molar-refractivity contribution in [3.05, 3.63) is 23.8 Å². The van der Waals surface area contributed by atoms with E-state index in [4.69, 9.17) is 5.73 Å². The van der Waals surface area contributed by atoms with Crippen LogP contribution in [0.15, 0.2) is 18.2 Å². The lowest BCUT2D eigenvalue weighted by Gasteiger charge is -2.31. The SMILES string of the molecule is CCC1CCCCCN1c1ccc(C)c(N)c1. The average molecular weight is 232 g/mol. The molecule has 2 nitrogen and oxygen atoms in total. The number of anilines is 2. The van der Waals surface area contributed by atoms with Crippen molar-refractivity contribution in [1.29, 1.82) is 0 Å². The number of rotatable bonds is 2. The molecule has 2 rings (SSSR count). The second-order valence-electron chi connectivity index (χ2n) is 5.15. The van der Waals surface area contributed by atoms with E-state index in [0.29, 0.717) is 6.04 Å². The third-order valence-electron chi connectivity index (χ3n) is 3.94. The molecule has 1 unspecified atom stereocenters. The summed E-state index contributed by atoms with van der Waals surface area (Å²) in [6.45, 7) is 5.54. The molecule has 1 heterocycles. The maximum absolute atomic E-state index is 6.03. The molecule has 17 heavy (non-hydrogen) atoms. The molecule has 94 valence electrons. The molecular weight excluding hydrogens is 208 g/mol. The third kappa shape index (κ3) is 2.74. The summed E-state index contributed by atoms with van der Waals surface area (Å²) in [6, 6.07) is 7.20. The molecule has 1 aliphatic heterocycles. The van der Waals surface area contributed by atoms with Crippen LogP contribution in [-0.4, -0.2) is 12.6 Å². The Hall–Kier alpha value is -1.18. The van der Waals surface area contributed by atoms with Crippen LogP contribution in [0.5, 0.6) is 0 Å². The van der Waals surface area contributed by atoms with E-state index in [1.54, 1.807) is 0 Å². The standard InChI is InChI=1S/C15H24N2/c1-3-13-7-5-4-6-10-17(13)14-9-8-12(2)15(16)11-14/h8-9,11,13H,3-7,10,16H2,1-2H3. The first-order chi connectivity index (χ1) is 8.22. The van der Waals surface area contributed by atoms with E-state index in [9.17, 15) is 0 Å². The van der Waals surface area contributed by atoms with Crippen molar-refractivity contribution in [1.82, 2.24) is 0 Å². The van der Waals surface area contributed by atoms with Gasteiger partial charge in [0.05, 0.1) is 0 Å². The van der Waals surface area contributed by atoms with E-state index in [1.165, 1.54) is 49.9 Å². The molecule has 2 N–H and O–H groups in total. The summed E-state index contributed by atoms with van der Waals surface area (Å²) < 4.78 is 0. The molecule has 1 atom stereocenters. The molecule has 0 radical (unpaired) electrons. The summed E-state index contributed by atoms with van der Waals surface area (Å²) in [7, 11) is 0. The summed E-state index contributed by atoms with van der Waals surface area (Å²) in [4.78, 5) is 2.56. The minimum Gasteiger partial charge on any atom is -0.398 e. The Morgan fingerprint density at radius 1 is 1.29 bits per heavy atom. The van der Waals surface area contributed by atoms with Gasteiger partial charge in [0.2, 0.25) is 0 Å². The molecule has 1 aromatic carbocycles. The smallest absolute Gasteiger partial charge is 0.0389 e. The van der Waals surface area contributed by atoms with Crippen LogP contribution in [0.2, 0.25) is 0 Å². The molecule has 2 heteroatoms. The summed E-state index contributed by atoms with van der Waals surface area (Å²) in [5, 5.41) is 0. The van der Waals surface area contributed by atoms with E-state index >= 15 is 0 Å². The summed E-state index contributed by atoms with van der Waals surface area (Å²) >= 11 is 0. The van der Waals surface area contributed by atoms with Gasteiger partial charge in [0.1, 0.15) is 0 Å². The van der Waals surface area contributed by atoms with Crippen molar-refractivity contribution in [2.45, 2.75) is 52.0 Å². The lowest BCUT2D eigenvalue weighted by molar-refractivity contribution is 0.556. The zero-order valence-corrected chi connectivity index (χ0v) is 11.1. The fraction of sp³-hybridized carbons (Fsp3) is 0.600. The van der Waals surface area contributed by atoms with Crippen molar-refractivity contribution in [3.63, 3.8) is 0 Å². The van der Waals surface area contributed by atoms with Crippen molar-refractivity contribution in [3.8, 4) is 0 Å². The fourth-order valence-corrected chi connectivity index (χ4v) is 2.75. The summed E-state index contributed by atoms with van der Waals surface area (Å²) in [5.74, 6) is 0. The quantitative estimate of drug-likeness (QED) is 0.787. The van der Waals surface area contributed by atoms with Crippen molar-refractivity contribution < 1.29 is 0 Å². The highest BCUT2D eigenvalue weighted by molar-refractivity contribution is 5.60. The lowest BCUT2D eigenvalue weighted by atomic mass is 10.1. The van der Waals surface area contributed by atoms with Crippen LogP contribution in [0.3, 0.4) is 0 Å². The normalized spacial score (nSPS) is 21.3. The lowest BCUT2D eigenvalue weighted by Crippen LogP contribution is -2.34. The molecule has 1 fully saturated rings. The van der Waals surface area contributed by atoms with Crippen LogP contribution in [0.1, 0.15) is 44.6 Å². The van der Waals surface area contributed by atoms with E-state index in [1.807, 2.05) is 0 Å². The summed E-state index contributed by atoms with van der Waals surface area (Å²) in [5.41, 5.74) is 9.43. The minimum atomic E-state index is 0.694. The van der Waals surface area contributed by atoms with Gasteiger partial charge in [-0.1, -0.05) is 25.8 Å². The van der Waals surface area contributed by atoms with Crippen LogP contribution in [0, 0.1) is 6.92 Å². The van der Waals surface area contributed by atoms with E-state index < -0.39 is 0 Å². The van der Waals surface area contributed by atoms with Crippen LogP contribution in [0.25, 0.3) is 0 Å². The van der Waals surface area contributed by atoms with Gasteiger partial charge in [-0.05, 0) is 43.9 Å². The zero-order valence-electron chi connectivity index (χ0n) is 11.1. The van der Waals surface area contributed by atoms with E-state index in [-0.39, 0.29) is 0 Å². The third-order valence-corrected chi connectivity index (χ3v) is 3.94. The molecule has 1 saturated heterocycles. The van der Waals surface area contributed by atoms with Crippen molar-refractivity contribution >= 4 is 11.4 Å². The first-order valence-corrected chi connectivity index (χ1v) is 6.85. The van der Waals surface area contributed by atoms with Gasteiger partial charge in [-0.2, -0.15) is 0 Å². The fourth-order valence-electron chi connectivity index (χ4n) is 2.75. The maximum Gasteiger partial charge on any atom is 0.0389 e.